The zero-order chi connectivity index (χ0) is 12.4. The summed E-state index contributed by atoms with van der Waals surface area (Å²) < 4.78 is 5.57. The predicted octanol–water partition coefficient (Wildman–Crippen LogP) is 1.01. The number of aromatic amines is 2. The first-order valence-corrected chi connectivity index (χ1v) is 6.14. The molecule has 1 aliphatic rings. The molecule has 2 aromatic rings. The third-order valence-corrected chi connectivity index (χ3v) is 3.41. The minimum atomic E-state index is 0.234. The van der Waals surface area contributed by atoms with Gasteiger partial charge in [0.2, 0.25) is 0 Å². The highest BCUT2D eigenvalue weighted by atomic mass is 16.5. The molecule has 0 aromatic carbocycles. The van der Waals surface area contributed by atoms with E-state index >= 15 is 0 Å². The Balaban J connectivity index is 1.78. The Morgan fingerprint density at radius 3 is 3.22 bits per heavy atom. The first-order chi connectivity index (χ1) is 8.84. The van der Waals surface area contributed by atoms with Crippen LogP contribution in [-0.4, -0.2) is 44.8 Å². The second-order valence-electron chi connectivity index (χ2n) is 4.55. The van der Waals surface area contributed by atoms with E-state index in [1.165, 1.54) is 0 Å². The van der Waals surface area contributed by atoms with Crippen LogP contribution in [0.2, 0.25) is 0 Å². The Labute approximate surface area is 105 Å². The van der Waals surface area contributed by atoms with Gasteiger partial charge in [-0.2, -0.15) is 5.10 Å². The van der Waals surface area contributed by atoms with Gasteiger partial charge in [-0.3, -0.25) is 10.00 Å². The van der Waals surface area contributed by atoms with Crippen molar-refractivity contribution in [2.75, 3.05) is 19.8 Å². The molecule has 96 valence electrons. The van der Waals surface area contributed by atoms with Gasteiger partial charge in [0.1, 0.15) is 0 Å². The molecule has 0 unspecified atom stereocenters. The average Bonchev–Trinajstić information content (AvgIpc) is 3.03. The largest absolute Gasteiger partial charge is 0.378 e. The van der Waals surface area contributed by atoms with Crippen LogP contribution < -0.4 is 0 Å². The lowest BCUT2D eigenvalue weighted by molar-refractivity contribution is -0.0148. The molecular weight excluding hydrogens is 230 g/mol. The predicted molar refractivity (Wildman–Crippen MR) is 65.9 cm³/mol. The number of nitrogens with one attached hydrogen (secondary N) is 2. The maximum absolute atomic E-state index is 5.57. The van der Waals surface area contributed by atoms with Gasteiger partial charge >= 0.3 is 0 Å². The number of nitrogens with zero attached hydrogens (tertiary/aromatic N) is 3. The van der Waals surface area contributed by atoms with Crippen LogP contribution in [0.25, 0.3) is 0 Å². The maximum atomic E-state index is 5.57. The van der Waals surface area contributed by atoms with Crippen molar-refractivity contribution in [3.05, 3.63) is 35.7 Å². The minimum absolute atomic E-state index is 0.234. The van der Waals surface area contributed by atoms with Gasteiger partial charge in [0.15, 0.2) is 0 Å². The monoisotopic (exact) mass is 247 g/mol. The van der Waals surface area contributed by atoms with Crippen LogP contribution in [0, 0.1) is 6.92 Å². The van der Waals surface area contributed by atoms with Crippen molar-refractivity contribution >= 4 is 0 Å². The topological polar surface area (TPSA) is 69.8 Å². The summed E-state index contributed by atoms with van der Waals surface area (Å²) in [7, 11) is 0. The smallest absolute Gasteiger partial charge is 0.0925 e. The summed E-state index contributed by atoms with van der Waals surface area (Å²) in [5.41, 5.74) is 3.33. The maximum Gasteiger partial charge on any atom is 0.0925 e. The summed E-state index contributed by atoms with van der Waals surface area (Å²) in [6.07, 6.45) is 3.53. The van der Waals surface area contributed by atoms with Crippen LogP contribution >= 0.6 is 0 Å². The molecule has 0 amide bonds. The van der Waals surface area contributed by atoms with Gasteiger partial charge in [0, 0.05) is 25.0 Å². The molecule has 2 aromatic heterocycles. The van der Waals surface area contributed by atoms with Gasteiger partial charge < -0.3 is 9.72 Å². The zero-order valence-electron chi connectivity index (χ0n) is 10.4. The van der Waals surface area contributed by atoms with Gasteiger partial charge in [-0.15, -0.1) is 0 Å². The molecule has 3 heterocycles. The Morgan fingerprint density at radius 1 is 1.56 bits per heavy atom. The van der Waals surface area contributed by atoms with Crippen LogP contribution in [0.5, 0.6) is 0 Å². The minimum Gasteiger partial charge on any atom is -0.378 e. The van der Waals surface area contributed by atoms with Gasteiger partial charge in [0.05, 0.1) is 37.0 Å². The number of aromatic nitrogens is 4. The van der Waals surface area contributed by atoms with Gasteiger partial charge in [-0.1, -0.05) is 0 Å². The number of H-pyrrole nitrogens is 2. The molecule has 1 aliphatic heterocycles. The van der Waals surface area contributed by atoms with E-state index in [2.05, 4.69) is 25.1 Å². The Bertz CT molecular complexity index is 492. The van der Waals surface area contributed by atoms with Crippen molar-refractivity contribution < 1.29 is 4.74 Å². The summed E-state index contributed by atoms with van der Waals surface area (Å²) in [5, 5.41) is 7.05. The number of morpholine rings is 1. The van der Waals surface area contributed by atoms with E-state index in [1.54, 1.807) is 12.5 Å². The molecule has 18 heavy (non-hydrogen) atoms. The van der Waals surface area contributed by atoms with E-state index in [-0.39, 0.29) is 6.04 Å². The molecule has 1 atom stereocenters. The molecule has 3 rings (SSSR count). The highest BCUT2D eigenvalue weighted by Crippen LogP contribution is 2.24. The molecule has 6 nitrogen and oxygen atoms in total. The van der Waals surface area contributed by atoms with Gasteiger partial charge in [-0.05, 0) is 13.0 Å². The molecule has 0 aliphatic carbocycles. The third kappa shape index (κ3) is 2.16. The van der Waals surface area contributed by atoms with Crippen LogP contribution in [0.15, 0.2) is 18.6 Å². The van der Waals surface area contributed by atoms with Crippen molar-refractivity contribution in [1.82, 2.24) is 25.1 Å². The number of imidazole rings is 1. The highest BCUT2D eigenvalue weighted by Gasteiger charge is 2.26. The number of rotatable bonds is 3. The molecule has 0 saturated carbocycles. The van der Waals surface area contributed by atoms with Crippen LogP contribution in [0.3, 0.4) is 0 Å². The molecule has 6 heteroatoms. The normalized spacial score (nSPS) is 21.3. The summed E-state index contributed by atoms with van der Waals surface area (Å²) in [6, 6.07) is 2.24. The van der Waals surface area contributed by atoms with Crippen molar-refractivity contribution in [3.63, 3.8) is 0 Å². The lowest BCUT2D eigenvalue weighted by Gasteiger charge is -2.34. The fourth-order valence-electron chi connectivity index (χ4n) is 2.30. The first kappa shape index (κ1) is 11.4. The van der Waals surface area contributed by atoms with E-state index in [0.29, 0.717) is 6.61 Å². The number of hydrogen-bond donors (Lipinski definition) is 2. The zero-order valence-corrected chi connectivity index (χ0v) is 10.4. The Morgan fingerprint density at radius 2 is 2.50 bits per heavy atom. The van der Waals surface area contributed by atoms with E-state index in [0.717, 1.165) is 36.8 Å². The lowest BCUT2D eigenvalue weighted by Crippen LogP contribution is -2.39. The van der Waals surface area contributed by atoms with E-state index in [9.17, 15) is 0 Å². The quantitative estimate of drug-likeness (QED) is 0.849. The number of aryl methyl sites for hydroxylation is 1. The Kier molecular flexibility index (Phi) is 3.12. The highest BCUT2D eigenvalue weighted by molar-refractivity contribution is 5.11. The molecule has 1 fully saturated rings. The van der Waals surface area contributed by atoms with E-state index in [4.69, 9.17) is 4.74 Å². The van der Waals surface area contributed by atoms with E-state index in [1.807, 2.05) is 13.0 Å². The van der Waals surface area contributed by atoms with Crippen molar-refractivity contribution in [2.45, 2.75) is 19.5 Å². The molecule has 1 saturated heterocycles. The van der Waals surface area contributed by atoms with Crippen molar-refractivity contribution in [2.24, 2.45) is 0 Å². The van der Waals surface area contributed by atoms with Crippen LogP contribution in [-0.2, 0) is 11.3 Å². The average molecular weight is 247 g/mol. The van der Waals surface area contributed by atoms with Gasteiger partial charge in [0.25, 0.3) is 0 Å². The fourth-order valence-corrected chi connectivity index (χ4v) is 2.30. The third-order valence-electron chi connectivity index (χ3n) is 3.41. The molecule has 0 bridgehead atoms. The van der Waals surface area contributed by atoms with Crippen LogP contribution in [0.1, 0.15) is 23.1 Å². The molecule has 0 radical (unpaired) electrons. The molecule has 2 N–H and O–H groups in total. The second-order valence-corrected chi connectivity index (χ2v) is 4.55. The van der Waals surface area contributed by atoms with Crippen molar-refractivity contribution in [3.8, 4) is 0 Å². The lowest BCUT2D eigenvalue weighted by atomic mass is 10.1. The van der Waals surface area contributed by atoms with E-state index < -0.39 is 0 Å². The molecular formula is C12H17N5O. The molecule has 0 spiro atoms. The standard InChI is InChI=1S/C12H17N5O/c1-9-11(14-8-13-9)6-17-4-5-18-7-12(17)10-2-3-15-16-10/h2-3,8,12H,4-7H2,1H3,(H,13,14)(H,15,16)/t12-/m0/s1. The fraction of sp³-hybridized carbons (Fsp3) is 0.500. The number of hydrogen-bond acceptors (Lipinski definition) is 4. The summed E-state index contributed by atoms with van der Waals surface area (Å²) in [6.45, 7) is 5.27. The van der Waals surface area contributed by atoms with Crippen LogP contribution in [0.4, 0.5) is 0 Å². The first-order valence-electron chi connectivity index (χ1n) is 6.14. The SMILES string of the molecule is Cc1[nH]cnc1CN1CCOC[C@H]1c1ccn[nH]1. The Hall–Kier alpha value is -1.66. The summed E-state index contributed by atoms with van der Waals surface area (Å²) >= 11 is 0. The van der Waals surface area contributed by atoms with Gasteiger partial charge in [-0.25, -0.2) is 4.98 Å². The van der Waals surface area contributed by atoms with Crippen molar-refractivity contribution in [1.29, 1.82) is 0 Å². The summed E-state index contributed by atoms with van der Waals surface area (Å²) in [5.74, 6) is 0. The second kappa shape index (κ2) is 4.91. The number of ether oxygens (including phenoxy) is 1. The summed E-state index contributed by atoms with van der Waals surface area (Å²) in [4.78, 5) is 9.86.